The van der Waals surface area contributed by atoms with Crippen LogP contribution in [0.3, 0.4) is 0 Å². The van der Waals surface area contributed by atoms with E-state index in [-0.39, 0.29) is 26.4 Å². The molecule has 0 aliphatic heterocycles. The van der Waals surface area contributed by atoms with Gasteiger partial charge in [-0.05, 0) is 57.6 Å². The van der Waals surface area contributed by atoms with Gasteiger partial charge >= 0.3 is 11.9 Å². The zero-order valence-corrected chi connectivity index (χ0v) is 24.6. The summed E-state index contributed by atoms with van der Waals surface area (Å²) in [4.78, 5) is 22.6. The molecule has 45 heavy (non-hydrogen) atoms. The second-order valence-electron chi connectivity index (χ2n) is 10.5. The molecular weight excluding hydrogens is 572 g/mol. The fourth-order valence-corrected chi connectivity index (χ4v) is 5.58. The Morgan fingerprint density at radius 3 is 1.36 bits per heavy atom. The predicted octanol–water partition coefficient (Wildman–Crippen LogP) is 4.99. The van der Waals surface area contributed by atoms with E-state index >= 15 is 0 Å². The number of ether oxygens (including phenoxy) is 4. The van der Waals surface area contributed by atoms with Gasteiger partial charge in [-0.3, -0.25) is 0 Å². The number of benzene rings is 4. The van der Waals surface area contributed by atoms with Crippen LogP contribution in [-0.4, -0.2) is 60.8 Å². The molecule has 0 saturated carbocycles. The van der Waals surface area contributed by atoms with Gasteiger partial charge in [0.05, 0.1) is 5.41 Å². The van der Waals surface area contributed by atoms with E-state index in [0.29, 0.717) is 11.5 Å². The number of esters is 2. The van der Waals surface area contributed by atoms with Crippen LogP contribution in [0.4, 0.5) is 0 Å². The van der Waals surface area contributed by atoms with Crippen LogP contribution in [-0.2, 0) is 24.5 Å². The van der Waals surface area contributed by atoms with E-state index in [1.165, 1.54) is 0 Å². The third kappa shape index (κ3) is 6.67. The summed E-state index contributed by atoms with van der Waals surface area (Å²) in [5.41, 5.74) is 5.92. The van der Waals surface area contributed by atoms with Crippen molar-refractivity contribution in [2.75, 3.05) is 26.4 Å². The van der Waals surface area contributed by atoms with Gasteiger partial charge < -0.3 is 29.2 Å². The summed E-state index contributed by atoms with van der Waals surface area (Å²) in [5.74, 6) is -0.0959. The molecule has 0 radical (unpaired) electrons. The molecule has 2 atom stereocenters. The van der Waals surface area contributed by atoms with E-state index in [1.54, 1.807) is 0 Å². The Morgan fingerprint density at radius 2 is 0.978 bits per heavy atom. The van der Waals surface area contributed by atoms with Gasteiger partial charge in [0, 0.05) is 12.2 Å². The van der Waals surface area contributed by atoms with Crippen LogP contribution < -0.4 is 9.47 Å². The third-order valence-corrected chi connectivity index (χ3v) is 7.58. The molecule has 8 heteroatoms. The summed E-state index contributed by atoms with van der Waals surface area (Å²) >= 11 is 0. The number of aliphatic hydroxyl groups excluding tert-OH is 2. The molecule has 0 spiro atoms. The number of hydrogen-bond donors (Lipinski definition) is 2. The Hall–Kier alpha value is -5.18. The van der Waals surface area contributed by atoms with Crippen LogP contribution in [0.2, 0.25) is 0 Å². The quantitative estimate of drug-likeness (QED) is 0.134. The molecule has 0 saturated heterocycles. The number of carbonyl (C=O) groups excluding carboxylic acids is 2. The molecule has 0 bridgehead atoms. The minimum absolute atomic E-state index is 0.0482. The first-order valence-corrected chi connectivity index (χ1v) is 14.5. The highest BCUT2D eigenvalue weighted by atomic mass is 16.6. The van der Waals surface area contributed by atoms with Crippen LogP contribution in [0.1, 0.15) is 22.3 Å². The van der Waals surface area contributed by atoms with Crippen molar-refractivity contribution in [2.24, 2.45) is 0 Å². The Morgan fingerprint density at radius 1 is 0.600 bits per heavy atom. The number of fused-ring (bicyclic) bond motifs is 3. The SMILES string of the molecule is C=CC(=O)OCC(O)COc1ccc(C2(c3ccc(OCC(O)COC(=O)C=C)cc3)c3ccccc3-c3ccccc32)cc1. The predicted molar refractivity (Wildman–Crippen MR) is 169 cm³/mol. The monoisotopic (exact) mass is 606 g/mol. The standard InChI is InChI=1S/C37H34O8/c1-3-35(40)44-23-27(38)21-42-29-17-13-25(14-18-29)37(33-11-7-5-9-31(33)32-10-6-8-12-34(32)37)26-15-19-30(20-16-26)43-22-28(39)24-45-36(41)4-2/h3-20,27-28,38-39H,1-2,21-24H2. The largest absolute Gasteiger partial charge is 0.491 e. The van der Waals surface area contributed by atoms with Gasteiger partial charge in [-0.15, -0.1) is 0 Å². The van der Waals surface area contributed by atoms with E-state index < -0.39 is 29.6 Å². The fraction of sp³-hybridized carbons (Fsp3) is 0.189. The van der Waals surface area contributed by atoms with Crippen molar-refractivity contribution in [1.29, 1.82) is 0 Å². The van der Waals surface area contributed by atoms with Crippen molar-refractivity contribution >= 4 is 11.9 Å². The zero-order valence-electron chi connectivity index (χ0n) is 24.6. The van der Waals surface area contributed by atoms with E-state index in [1.807, 2.05) is 72.8 Å². The molecule has 4 aromatic rings. The van der Waals surface area contributed by atoms with Gasteiger partial charge in [0.15, 0.2) is 0 Å². The minimum atomic E-state index is -0.988. The lowest BCUT2D eigenvalue weighted by Crippen LogP contribution is -2.28. The Labute approximate surface area is 261 Å². The zero-order chi connectivity index (χ0) is 31.8. The molecule has 5 rings (SSSR count). The van der Waals surface area contributed by atoms with Crippen LogP contribution >= 0.6 is 0 Å². The molecule has 0 heterocycles. The first-order valence-electron chi connectivity index (χ1n) is 14.5. The average molecular weight is 607 g/mol. The van der Waals surface area contributed by atoms with E-state index in [0.717, 1.165) is 45.5 Å². The van der Waals surface area contributed by atoms with E-state index in [4.69, 9.17) is 18.9 Å². The molecule has 1 aliphatic carbocycles. The number of rotatable bonds is 14. The lowest BCUT2D eigenvalue weighted by Gasteiger charge is -2.34. The molecule has 230 valence electrons. The maximum absolute atomic E-state index is 11.3. The van der Waals surface area contributed by atoms with E-state index in [9.17, 15) is 19.8 Å². The lowest BCUT2D eigenvalue weighted by molar-refractivity contribution is -0.142. The van der Waals surface area contributed by atoms with Crippen LogP contribution in [0.5, 0.6) is 11.5 Å². The highest BCUT2D eigenvalue weighted by molar-refractivity contribution is 5.86. The Balaban J connectivity index is 1.43. The second-order valence-corrected chi connectivity index (χ2v) is 10.5. The molecular formula is C37H34O8. The van der Waals surface area contributed by atoms with Gasteiger partial charge in [0.1, 0.15) is 50.1 Å². The van der Waals surface area contributed by atoms with Crippen molar-refractivity contribution in [3.05, 3.63) is 145 Å². The Bertz CT molecular complexity index is 1530. The summed E-state index contributed by atoms with van der Waals surface area (Å²) in [5, 5.41) is 20.3. The second kappa shape index (κ2) is 14.1. The Kier molecular flexibility index (Phi) is 9.77. The molecule has 2 N–H and O–H groups in total. The van der Waals surface area contributed by atoms with E-state index in [2.05, 4.69) is 37.4 Å². The highest BCUT2D eigenvalue weighted by Crippen LogP contribution is 2.56. The smallest absolute Gasteiger partial charge is 0.330 e. The summed E-state index contributed by atoms with van der Waals surface area (Å²) in [6.45, 7) is 6.20. The van der Waals surface area contributed by atoms with Crippen molar-refractivity contribution in [3.8, 4) is 22.6 Å². The lowest BCUT2D eigenvalue weighted by atomic mass is 9.68. The van der Waals surface area contributed by atoms with Crippen LogP contribution in [0.15, 0.2) is 122 Å². The number of aliphatic hydroxyl groups is 2. The maximum atomic E-state index is 11.3. The van der Waals surface area contributed by atoms with Crippen molar-refractivity contribution in [3.63, 3.8) is 0 Å². The first-order chi connectivity index (χ1) is 21.9. The topological polar surface area (TPSA) is 112 Å². The van der Waals surface area contributed by atoms with Gasteiger partial charge in [-0.25, -0.2) is 9.59 Å². The number of hydrogen-bond acceptors (Lipinski definition) is 8. The van der Waals surface area contributed by atoms with Crippen LogP contribution in [0, 0.1) is 0 Å². The van der Waals surface area contributed by atoms with Crippen LogP contribution in [0.25, 0.3) is 11.1 Å². The molecule has 8 nitrogen and oxygen atoms in total. The molecule has 2 unspecified atom stereocenters. The average Bonchev–Trinajstić information content (AvgIpc) is 3.39. The van der Waals surface area contributed by atoms with Gasteiger partial charge in [-0.2, -0.15) is 0 Å². The van der Waals surface area contributed by atoms with Gasteiger partial charge in [0.25, 0.3) is 0 Å². The normalized spacial score (nSPS) is 13.8. The van der Waals surface area contributed by atoms with Crippen molar-refractivity contribution < 1.29 is 38.7 Å². The third-order valence-electron chi connectivity index (χ3n) is 7.58. The van der Waals surface area contributed by atoms with Gasteiger partial charge in [-0.1, -0.05) is 86.0 Å². The molecule has 0 amide bonds. The number of carbonyl (C=O) groups is 2. The van der Waals surface area contributed by atoms with Crippen molar-refractivity contribution in [2.45, 2.75) is 17.6 Å². The molecule has 1 aliphatic rings. The minimum Gasteiger partial charge on any atom is -0.491 e. The summed E-state index contributed by atoms with van der Waals surface area (Å²) in [6.07, 6.45) is 0.104. The summed E-state index contributed by atoms with van der Waals surface area (Å²) < 4.78 is 21.4. The molecule has 4 aromatic carbocycles. The van der Waals surface area contributed by atoms with Crippen molar-refractivity contribution in [1.82, 2.24) is 0 Å². The summed E-state index contributed by atoms with van der Waals surface area (Å²) in [7, 11) is 0. The fourth-order valence-electron chi connectivity index (χ4n) is 5.58. The molecule has 0 fully saturated rings. The maximum Gasteiger partial charge on any atom is 0.330 e. The highest BCUT2D eigenvalue weighted by Gasteiger charge is 2.45. The van der Waals surface area contributed by atoms with Gasteiger partial charge in [0.2, 0.25) is 0 Å². The summed E-state index contributed by atoms with van der Waals surface area (Å²) in [6, 6.07) is 32.2. The first kappa shape index (κ1) is 31.3. The molecule has 0 aromatic heterocycles.